The molecule has 4 aromatic rings. The molecule has 0 unspecified atom stereocenters. The molecule has 0 atom stereocenters. The number of aromatic amines is 1. The van der Waals surface area contributed by atoms with Gasteiger partial charge in [0.05, 0.1) is 6.21 Å². The van der Waals surface area contributed by atoms with Crippen molar-refractivity contribution in [1.82, 2.24) is 20.5 Å². The van der Waals surface area contributed by atoms with Gasteiger partial charge >= 0.3 is 192 Å². The molecule has 0 aliphatic rings. The summed E-state index contributed by atoms with van der Waals surface area (Å²) >= 11 is 0.0553. The number of nitrogens with one attached hydrogen (secondary N) is 2. The third-order valence-corrected chi connectivity index (χ3v) is 10.3. The molecule has 0 aliphatic carbocycles. The van der Waals surface area contributed by atoms with Crippen molar-refractivity contribution in [3.05, 3.63) is 98.9 Å². The van der Waals surface area contributed by atoms with Crippen LogP contribution in [0.1, 0.15) is 62.3 Å². The Morgan fingerprint density at radius 2 is 1.95 bits per heavy atom. The standard InChI is InChI=1S/C33H42IN6/c1-5-27-20-28(31-16-19-37-39-31)13-14-30(27)34-18-9-8-17-33(3,4)24-35-21-26-12-15-32(36-22-26)40-38-23-29-11-7-6-10-25(29)2/h6-7,10-16,19-20,22-23,35H,5,8-9,17-18,21,24H2,1-4H3,(H,36,40)(H,37,39)/q-1/p+1. The van der Waals surface area contributed by atoms with Crippen LogP contribution in [0.2, 0.25) is 0 Å². The van der Waals surface area contributed by atoms with E-state index in [4.69, 9.17) is 0 Å². The normalized spacial score (nSPS) is 12.0. The Hall–Kier alpha value is -2.88. The van der Waals surface area contributed by atoms with Gasteiger partial charge in [-0.25, -0.2) is 0 Å². The van der Waals surface area contributed by atoms with Crippen molar-refractivity contribution >= 4 is 12.0 Å². The van der Waals surface area contributed by atoms with E-state index in [0.717, 1.165) is 36.6 Å². The van der Waals surface area contributed by atoms with E-state index in [0.29, 0.717) is 0 Å². The number of pyridine rings is 1. The topological polar surface area (TPSA) is 82.6 Å². The van der Waals surface area contributed by atoms with E-state index in [-0.39, 0.29) is 26.6 Å². The number of aromatic nitrogens is 3. The molecule has 0 aliphatic heterocycles. The second-order valence-electron chi connectivity index (χ2n) is 11.0. The number of alkyl halides is 1. The number of nitrogens with zero attached hydrogens (tertiary/aromatic N) is 3. The Labute approximate surface area is 249 Å². The van der Waals surface area contributed by atoms with Gasteiger partial charge in [-0.05, 0) is 12.5 Å². The van der Waals surface area contributed by atoms with Gasteiger partial charge in [-0.3, -0.25) is 0 Å². The summed E-state index contributed by atoms with van der Waals surface area (Å²) in [4.78, 5) is 4.56. The molecule has 0 radical (unpaired) electrons. The third-order valence-electron chi connectivity index (χ3n) is 7.10. The van der Waals surface area contributed by atoms with Crippen LogP contribution < -0.4 is 31.9 Å². The minimum absolute atomic E-state index is 0.0553. The second-order valence-corrected chi connectivity index (χ2v) is 14.0. The summed E-state index contributed by atoms with van der Waals surface area (Å²) in [6.45, 7) is 11.0. The van der Waals surface area contributed by atoms with Crippen LogP contribution in [0.3, 0.4) is 0 Å². The van der Waals surface area contributed by atoms with Crippen molar-refractivity contribution in [3.8, 4) is 11.3 Å². The number of benzene rings is 2. The van der Waals surface area contributed by atoms with Gasteiger partial charge in [0.2, 0.25) is 0 Å². The molecule has 2 heterocycles. The first-order chi connectivity index (χ1) is 19.4. The number of hydrogen-bond donors (Lipinski definition) is 3. The number of quaternary nitrogens is 1. The molecule has 7 heteroatoms. The van der Waals surface area contributed by atoms with E-state index >= 15 is 0 Å². The molecular formula is C33H43IN6. The van der Waals surface area contributed by atoms with Crippen molar-refractivity contribution in [2.75, 3.05) is 11.0 Å². The predicted molar refractivity (Wildman–Crippen MR) is 161 cm³/mol. The van der Waals surface area contributed by atoms with Crippen LogP contribution in [-0.4, -0.2) is 32.4 Å². The third kappa shape index (κ3) is 9.35. The van der Waals surface area contributed by atoms with Crippen LogP contribution in [0.25, 0.3) is 11.3 Å². The van der Waals surface area contributed by atoms with Crippen molar-refractivity contribution in [1.29, 1.82) is 0 Å². The summed E-state index contributed by atoms with van der Waals surface area (Å²) < 4.78 is 2.95. The zero-order valence-corrected chi connectivity index (χ0v) is 26.4. The number of halogens is 1. The van der Waals surface area contributed by atoms with Crippen molar-refractivity contribution in [2.24, 2.45) is 10.5 Å². The molecule has 2 aromatic carbocycles. The average Bonchev–Trinajstić information content (AvgIpc) is 3.50. The van der Waals surface area contributed by atoms with Crippen molar-refractivity contribution in [2.45, 2.75) is 59.9 Å². The molecular weight excluding hydrogens is 607 g/mol. The van der Waals surface area contributed by atoms with Gasteiger partial charge in [-0.1, -0.05) is 29.4 Å². The van der Waals surface area contributed by atoms with Crippen LogP contribution in [0, 0.1) is 15.9 Å². The van der Waals surface area contributed by atoms with Crippen LogP contribution in [0.15, 0.2) is 78.2 Å². The molecule has 212 valence electrons. The Morgan fingerprint density at radius 1 is 1.07 bits per heavy atom. The van der Waals surface area contributed by atoms with Crippen LogP contribution in [0.5, 0.6) is 0 Å². The van der Waals surface area contributed by atoms with Crippen molar-refractivity contribution in [3.63, 3.8) is 0 Å². The van der Waals surface area contributed by atoms with E-state index < -0.39 is 0 Å². The second kappa shape index (κ2) is 15.2. The first-order valence-electron chi connectivity index (χ1n) is 14.2. The predicted octanol–water partition coefficient (Wildman–Crippen LogP) is 2.82. The fourth-order valence-corrected chi connectivity index (χ4v) is 7.57. The summed E-state index contributed by atoms with van der Waals surface area (Å²) in [7, 11) is 0. The van der Waals surface area contributed by atoms with E-state index in [1.54, 1.807) is 3.57 Å². The quantitative estimate of drug-likeness (QED) is 0.0463. The SMILES string of the molecule is CCc1cc(-c2ccn[nH]2)ccc1[I-]CCCCC(C)(C)CNCc1ccc([NH2+]N=Cc2ccccc2C)nc1. The van der Waals surface area contributed by atoms with Crippen LogP contribution in [-0.2, 0) is 13.0 Å². The van der Waals surface area contributed by atoms with E-state index in [1.165, 1.54) is 45.9 Å². The molecule has 0 saturated carbocycles. The molecule has 0 spiro atoms. The fraction of sp³-hybridized carbons (Fsp3) is 0.364. The minimum atomic E-state index is 0.0553. The number of nitrogens with two attached hydrogens (primary N) is 1. The summed E-state index contributed by atoms with van der Waals surface area (Å²) in [6.07, 6.45) is 10.6. The molecule has 6 nitrogen and oxygen atoms in total. The molecule has 2 aromatic heterocycles. The first-order valence-corrected chi connectivity index (χ1v) is 16.8. The molecule has 0 saturated heterocycles. The summed E-state index contributed by atoms with van der Waals surface area (Å²) in [5, 5.41) is 15.3. The maximum atomic E-state index is 4.56. The summed E-state index contributed by atoms with van der Waals surface area (Å²) in [5.41, 5.74) is 9.48. The Morgan fingerprint density at radius 3 is 2.70 bits per heavy atom. The van der Waals surface area contributed by atoms with Crippen LogP contribution in [0.4, 0.5) is 5.82 Å². The van der Waals surface area contributed by atoms with Crippen LogP contribution >= 0.6 is 0 Å². The zero-order chi connectivity index (χ0) is 28.2. The van der Waals surface area contributed by atoms with Gasteiger partial charge in [-0.2, -0.15) is 5.43 Å². The number of unbranched alkanes of at least 4 members (excludes halogenated alkanes) is 1. The Kier molecular flexibility index (Phi) is 11.4. The number of H-pyrrole nitrogens is 1. The molecule has 0 fully saturated rings. The summed E-state index contributed by atoms with van der Waals surface area (Å²) in [5.74, 6) is 0.872. The Balaban J connectivity index is 1.13. The van der Waals surface area contributed by atoms with E-state index in [9.17, 15) is 0 Å². The van der Waals surface area contributed by atoms with Crippen molar-refractivity contribution < 1.29 is 26.6 Å². The Bertz CT molecular complexity index is 1350. The molecule has 4 N–H and O–H groups in total. The van der Waals surface area contributed by atoms with Gasteiger partial charge in [0.25, 0.3) is 0 Å². The zero-order valence-electron chi connectivity index (χ0n) is 24.3. The van der Waals surface area contributed by atoms with E-state index in [2.05, 4.69) is 89.7 Å². The first kappa shape index (κ1) is 30.1. The average molecular weight is 651 g/mol. The number of hydrogen-bond acceptors (Lipinski definition) is 4. The fourth-order valence-electron chi connectivity index (χ4n) is 4.60. The molecule has 40 heavy (non-hydrogen) atoms. The number of aryl methyl sites for hydroxylation is 2. The molecule has 0 bridgehead atoms. The van der Waals surface area contributed by atoms with Gasteiger partial charge < -0.3 is 0 Å². The maximum absolute atomic E-state index is 4.56. The van der Waals surface area contributed by atoms with Gasteiger partial charge in [-0.15, -0.1) is 0 Å². The van der Waals surface area contributed by atoms with Gasteiger partial charge in [0.15, 0.2) is 0 Å². The number of rotatable bonds is 15. The van der Waals surface area contributed by atoms with Gasteiger partial charge in [0, 0.05) is 5.56 Å². The van der Waals surface area contributed by atoms with Gasteiger partial charge in [0.1, 0.15) is 0 Å². The molecule has 4 rings (SSSR count). The molecule has 0 amide bonds. The summed E-state index contributed by atoms with van der Waals surface area (Å²) in [6, 6.07) is 21.4. The van der Waals surface area contributed by atoms with E-state index in [1.807, 2.05) is 48.3 Å². The monoisotopic (exact) mass is 650 g/mol.